The molecule has 0 radical (unpaired) electrons. The third-order valence-corrected chi connectivity index (χ3v) is 4.37. The first-order valence-corrected chi connectivity index (χ1v) is 9.09. The lowest BCUT2D eigenvalue weighted by atomic mass is 10.0. The van der Waals surface area contributed by atoms with E-state index in [0.29, 0.717) is 29.8 Å². The van der Waals surface area contributed by atoms with E-state index in [9.17, 15) is 14.0 Å². The molecule has 4 N–H and O–H groups in total. The van der Waals surface area contributed by atoms with E-state index in [1.54, 1.807) is 18.2 Å². The zero-order valence-electron chi connectivity index (χ0n) is 15.7. The van der Waals surface area contributed by atoms with Crippen LogP contribution in [0.4, 0.5) is 27.7 Å². The Morgan fingerprint density at radius 3 is 2.73 bits per heavy atom. The van der Waals surface area contributed by atoms with Crippen molar-refractivity contribution in [1.29, 1.82) is 0 Å². The van der Waals surface area contributed by atoms with Crippen molar-refractivity contribution in [3.63, 3.8) is 0 Å². The number of halogens is 1. The number of ether oxygens (including phenoxy) is 1. The predicted octanol–water partition coefficient (Wildman–Crippen LogP) is 2.58. The minimum atomic E-state index is -0.554. The molecule has 0 aliphatic carbocycles. The Balaban J connectivity index is 1.43. The van der Waals surface area contributed by atoms with Gasteiger partial charge in [-0.25, -0.2) is 9.18 Å². The van der Waals surface area contributed by atoms with Crippen LogP contribution >= 0.6 is 0 Å². The van der Waals surface area contributed by atoms with E-state index < -0.39 is 5.97 Å². The van der Waals surface area contributed by atoms with Crippen molar-refractivity contribution in [2.45, 2.75) is 19.4 Å². The van der Waals surface area contributed by atoms with Gasteiger partial charge in [0.25, 0.3) is 0 Å². The number of benzene rings is 2. The lowest BCUT2D eigenvalue weighted by Crippen LogP contribution is -2.19. The molecule has 0 bridgehead atoms. The van der Waals surface area contributed by atoms with Crippen molar-refractivity contribution in [2.24, 2.45) is 0 Å². The highest BCUT2D eigenvalue weighted by atomic mass is 19.1. The summed E-state index contributed by atoms with van der Waals surface area (Å²) in [5, 5.41) is 5.65. The number of carbonyl (C=O) groups is 2. The zero-order chi connectivity index (χ0) is 21.1. The Labute approximate surface area is 170 Å². The number of nitrogen functional groups attached to an aromatic ring is 1. The number of aryl methyl sites for hydroxylation is 1. The second-order valence-corrected chi connectivity index (χ2v) is 6.56. The van der Waals surface area contributed by atoms with Crippen LogP contribution in [0.5, 0.6) is 0 Å². The number of esters is 1. The van der Waals surface area contributed by atoms with Gasteiger partial charge in [0.2, 0.25) is 17.8 Å². The molecule has 4 rings (SSSR count). The summed E-state index contributed by atoms with van der Waals surface area (Å²) in [4.78, 5) is 35.9. The SMILES string of the molecule is Nc1nc(COC(=O)c2ccc3c(c2)CCC(=O)N3)nc(Nc2ccc(F)cc2)n1. The van der Waals surface area contributed by atoms with Gasteiger partial charge in [0, 0.05) is 17.8 Å². The fourth-order valence-corrected chi connectivity index (χ4v) is 2.94. The summed E-state index contributed by atoms with van der Waals surface area (Å²) >= 11 is 0. The predicted molar refractivity (Wildman–Crippen MR) is 106 cm³/mol. The third kappa shape index (κ3) is 4.49. The van der Waals surface area contributed by atoms with Gasteiger partial charge in [-0.05, 0) is 54.4 Å². The van der Waals surface area contributed by atoms with Gasteiger partial charge in [0.15, 0.2) is 12.4 Å². The smallest absolute Gasteiger partial charge is 0.338 e. The highest BCUT2D eigenvalue weighted by Crippen LogP contribution is 2.24. The molecule has 0 saturated heterocycles. The number of hydrogen-bond donors (Lipinski definition) is 3. The molecule has 1 aliphatic rings. The Morgan fingerprint density at radius 1 is 1.13 bits per heavy atom. The molecular formula is C20H17FN6O3. The molecule has 0 atom stereocenters. The van der Waals surface area contributed by atoms with E-state index in [4.69, 9.17) is 10.5 Å². The van der Waals surface area contributed by atoms with E-state index in [-0.39, 0.29) is 36.1 Å². The molecular weight excluding hydrogens is 391 g/mol. The van der Waals surface area contributed by atoms with Gasteiger partial charge in [-0.15, -0.1) is 0 Å². The van der Waals surface area contributed by atoms with Gasteiger partial charge in [-0.2, -0.15) is 15.0 Å². The largest absolute Gasteiger partial charge is 0.454 e. The number of amides is 1. The molecule has 152 valence electrons. The van der Waals surface area contributed by atoms with Crippen LogP contribution in [0.3, 0.4) is 0 Å². The summed E-state index contributed by atoms with van der Waals surface area (Å²) < 4.78 is 18.3. The van der Waals surface area contributed by atoms with Crippen LogP contribution in [0.1, 0.15) is 28.2 Å². The van der Waals surface area contributed by atoms with E-state index in [2.05, 4.69) is 25.6 Å². The van der Waals surface area contributed by atoms with Crippen molar-refractivity contribution in [3.05, 3.63) is 65.2 Å². The molecule has 0 fully saturated rings. The maximum atomic E-state index is 13.0. The van der Waals surface area contributed by atoms with Crippen LogP contribution in [-0.2, 0) is 22.6 Å². The van der Waals surface area contributed by atoms with E-state index in [0.717, 1.165) is 5.56 Å². The maximum absolute atomic E-state index is 13.0. The van der Waals surface area contributed by atoms with Crippen LogP contribution in [-0.4, -0.2) is 26.8 Å². The van der Waals surface area contributed by atoms with Crippen LogP contribution in [0.25, 0.3) is 0 Å². The van der Waals surface area contributed by atoms with Crippen LogP contribution in [0.15, 0.2) is 42.5 Å². The quantitative estimate of drug-likeness (QED) is 0.549. The summed E-state index contributed by atoms with van der Waals surface area (Å²) in [6, 6.07) is 10.6. The standard InChI is InChI=1S/C20H17FN6O3/c21-13-3-5-14(6-4-13)23-20-26-16(25-19(22)27-20)10-30-18(29)12-1-7-15-11(9-12)2-8-17(28)24-15/h1,3-7,9H,2,8,10H2,(H,24,28)(H3,22,23,25,26,27). The Kier molecular flexibility index (Phi) is 5.21. The second kappa shape index (κ2) is 8.11. The Morgan fingerprint density at radius 2 is 1.93 bits per heavy atom. The molecule has 2 heterocycles. The monoisotopic (exact) mass is 408 g/mol. The maximum Gasteiger partial charge on any atom is 0.338 e. The van der Waals surface area contributed by atoms with Gasteiger partial charge < -0.3 is 21.1 Å². The minimum absolute atomic E-state index is 0.0460. The fraction of sp³-hybridized carbons (Fsp3) is 0.150. The molecule has 0 unspecified atom stereocenters. The summed E-state index contributed by atoms with van der Waals surface area (Å²) in [6.07, 6.45) is 0.935. The average molecular weight is 408 g/mol. The first kappa shape index (κ1) is 19.2. The minimum Gasteiger partial charge on any atom is -0.454 e. The molecule has 9 nitrogen and oxygen atoms in total. The molecule has 0 saturated carbocycles. The van der Waals surface area contributed by atoms with Crippen LogP contribution in [0.2, 0.25) is 0 Å². The summed E-state index contributed by atoms with van der Waals surface area (Å²) in [5.74, 6) is -0.717. The van der Waals surface area contributed by atoms with Crippen molar-refractivity contribution < 1.29 is 18.7 Å². The highest BCUT2D eigenvalue weighted by molar-refractivity contribution is 5.96. The molecule has 2 aromatic carbocycles. The highest BCUT2D eigenvalue weighted by Gasteiger charge is 2.17. The van der Waals surface area contributed by atoms with Gasteiger partial charge in [0.05, 0.1) is 5.56 Å². The summed E-state index contributed by atoms with van der Waals surface area (Å²) in [6.45, 7) is -0.211. The fourth-order valence-electron chi connectivity index (χ4n) is 2.94. The summed E-state index contributed by atoms with van der Waals surface area (Å²) in [7, 11) is 0. The molecule has 30 heavy (non-hydrogen) atoms. The molecule has 1 aliphatic heterocycles. The second-order valence-electron chi connectivity index (χ2n) is 6.56. The van der Waals surface area contributed by atoms with E-state index >= 15 is 0 Å². The topological polar surface area (TPSA) is 132 Å². The number of nitrogens with one attached hydrogen (secondary N) is 2. The number of fused-ring (bicyclic) bond motifs is 1. The number of aromatic nitrogens is 3. The molecule has 1 aromatic heterocycles. The molecule has 0 spiro atoms. The first-order chi connectivity index (χ1) is 14.5. The van der Waals surface area contributed by atoms with Crippen molar-refractivity contribution >= 4 is 35.1 Å². The lowest BCUT2D eigenvalue weighted by molar-refractivity contribution is -0.116. The van der Waals surface area contributed by atoms with Crippen molar-refractivity contribution in [3.8, 4) is 0 Å². The van der Waals surface area contributed by atoms with Gasteiger partial charge >= 0.3 is 5.97 Å². The summed E-state index contributed by atoms with van der Waals surface area (Å²) in [5.41, 5.74) is 8.20. The van der Waals surface area contributed by atoms with E-state index in [1.165, 1.54) is 24.3 Å². The number of hydrogen-bond acceptors (Lipinski definition) is 8. The number of carbonyl (C=O) groups excluding carboxylic acids is 2. The van der Waals surface area contributed by atoms with E-state index in [1.807, 2.05) is 0 Å². The van der Waals surface area contributed by atoms with Gasteiger partial charge in [0.1, 0.15) is 5.82 Å². The Bertz CT molecular complexity index is 1120. The van der Waals surface area contributed by atoms with Gasteiger partial charge in [-0.1, -0.05) is 0 Å². The lowest BCUT2D eigenvalue weighted by Gasteiger charge is -2.17. The molecule has 3 aromatic rings. The molecule has 1 amide bonds. The zero-order valence-corrected chi connectivity index (χ0v) is 15.7. The van der Waals surface area contributed by atoms with Crippen LogP contribution in [0, 0.1) is 5.82 Å². The number of nitrogens with zero attached hydrogens (tertiary/aromatic N) is 3. The Hall–Kier alpha value is -4.08. The normalized spacial score (nSPS) is 12.6. The molecule has 10 heteroatoms. The van der Waals surface area contributed by atoms with Crippen LogP contribution < -0.4 is 16.4 Å². The van der Waals surface area contributed by atoms with Crippen molar-refractivity contribution in [2.75, 3.05) is 16.4 Å². The number of anilines is 4. The number of rotatable bonds is 5. The number of nitrogens with two attached hydrogens (primary N) is 1. The van der Waals surface area contributed by atoms with Crippen molar-refractivity contribution in [1.82, 2.24) is 15.0 Å². The third-order valence-electron chi connectivity index (χ3n) is 4.37. The average Bonchev–Trinajstić information content (AvgIpc) is 2.73. The van der Waals surface area contributed by atoms with Gasteiger partial charge in [-0.3, -0.25) is 4.79 Å². The first-order valence-electron chi connectivity index (χ1n) is 9.09.